The normalized spacial score (nSPS) is 22.8. The third kappa shape index (κ3) is 5.47. The van der Waals surface area contributed by atoms with Crippen LogP contribution >= 0.6 is 23.2 Å². The maximum absolute atomic E-state index is 13.0. The fourth-order valence-electron chi connectivity index (χ4n) is 3.32. The molecule has 0 saturated carbocycles. The first-order valence-corrected chi connectivity index (χ1v) is 8.99. The monoisotopic (exact) mass is 398 g/mol. The van der Waals surface area contributed by atoms with Gasteiger partial charge in [-0.3, -0.25) is 0 Å². The van der Waals surface area contributed by atoms with Crippen LogP contribution in [0, 0.1) is 0 Å². The minimum atomic E-state index is -4.34. The smallest absolute Gasteiger partial charge is 0.383 e. The lowest BCUT2D eigenvalue weighted by Crippen LogP contribution is -2.49. The van der Waals surface area contributed by atoms with Crippen LogP contribution in [-0.2, 0) is 10.2 Å². The molecular formula is C17H23Cl2F3N2O. The van der Waals surface area contributed by atoms with Crippen LogP contribution in [0.2, 0.25) is 10.0 Å². The van der Waals surface area contributed by atoms with E-state index in [1.807, 2.05) is 12.1 Å². The maximum Gasteiger partial charge on any atom is 0.406 e. The molecule has 0 aromatic heterocycles. The average Bonchev–Trinajstić information content (AvgIpc) is 2.56. The zero-order valence-corrected chi connectivity index (χ0v) is 15.6. The minimum Gasteiger partial charge on any atom is -0.383 e. The van der Waals surface area contributed by atoms with E-state index >= 15 is 0 Å². The highest BCUT2D eigenvalue weighted by atomic mass is 35.5. The predicted octanol–water partition coefficient (Wildman–Crippen LogP) is 4.17. The first-order valence-electron chi connectivity index (χ1n) is 8.24. The molecule has 1 fully saturated rings. The van der Waals surface area contributed by atoms with Gasteiger partial charge < -0.3 is 15.4 Å². The van der Waals surface area contributed by atoms with Gasteiger partial charge in [-0.25, -0.2) is 0 Å². The molecule has 25 heavy (non-hydrogen) atoms. The number of benzene rings is 1. The zero-order valence-electron chi connectivity index (χ0n) is 14.1. The van der Waals surface area contributed by atoms with Gasteiger partial charge in [-0.05, 0) is 50.0 Å². The van der Waals surface area contributed by atoms with Crippen molar-refractivity contribution in [2.45, 2.75) is 36.9 Å². The Morgan fingerprint density at radius 1 is 1.32 bits per heavy atom. The number of alkyl halides is 3. The fraction of sp³-hybridized carbons (Fsp3) is 0.647. The Morgan fingerprint density at radius 2 is 2.08 bits per heavy atom. The Morgan fingerprint density at radius 3 is 2.64 bits per heavy atom. The third-order valence-corrected chi connectivity index (χ3v) is 5.47. The molecular weight excluding hydrogens is 376 g/mol. The minimum absolute atomic E-state index is 0.232. The van der Waals surface area contributed by atoms with Gasteiger partial charge in [-0.1, -0.05) is 29.3 Å². The van der Waals surface area contributed by atoms with Crippen molar-refractivity contribution in [3.63, 3.8) is 0 Å². The Bertz CT molecular complexity index is 563. The van der Waals surface area contributed by atoms with Crippen molar-refractivity contribution in [3.05, 3.63) is 33.8 Å². The number of halogens is 5. The van der Waals surface area contributed by atoms with Crippen LogP contribution < -0.4 is 10.6 Å². The van der Waals surface area contributed by atoms with E-state index in [0.29, 0.717) is 23.0 Å². The quantitative estimate of drug-likeness (QED) is 0.722. The van der Waals surface area contributed by atoms with E-state index < -0.39 is 18.8 Å². The Kier molecular flexibility index (Phi) is 7.40. The molecule has 1 aliphatic heterocycles. The van der Waals surface area contributed by atoms with Crippen LogP contribution in [0.5, 0.6) is 0 Å². The van der Waals surface area contributed by atoms with E-state index in [9.17, 15) is 13.2 Å². The molecule has 1 aromatic carbocycles. The van der Waals surface area contributed by atoms with Crippen molar-refractivity contribution in [1.29, 1.82) is 0 Å². The predicted molar refractivity (Wildman–Crippen MR) is 94.6 cm³/mol. The number of methoxy groups -OCH3 is 1. The Hall–Kier alpha value is -0.530. The van der Waals surface area contributed by atoms with Gasteiger partial charge in [0.1, 0.15) is 6.04 Å². The second kappa shape index (κ2) is 8.91. The molecule has 1 aromatic rings. The summed E-state index contributed by atoms with van der Waals surface area (Å²) in [4.78, 5) is 0. The summed E-state index contributed by atoms with van der Waals surface area (Å²) < 4.78 is 43.7. The molecule has 0 aliphatic carbocycles. The van der Waals surface area contributed by atoms with Crippen molar-refractivity contribution < 1.29 is 17.9 Å². The molecule has 3 nitrogen and oxygen atoms in total. The van der Waals surface area contributed by atoms with Crippen molar-refractivity contribution >= 4 is 23.2 Å². The highest BCUT2D eigenvalue weighted by Gasteiger charge is 2.40. The van der Waals surface area contributed by atoms with Crippen molar-refractivity contribution in [2.24, 2.45) is 0 Å². The van der Waals surface area contributed by atoms with E-state index in [4.69, 9.17) is 23.2 Å². The van der Waals surface area contributed by atoms with Crippen LogP contribution in [0.3, 0.4) is 0 Å². The van der Waals surface area contributed by atoms with E-state index in [1.54, 1.807) is 6.07 Å². The topological polar surface area (TPSA) is 33.3 Å². The lowest BCUT2D eigenvalue weighted by Gasteiger charge is -2.39. The maximum atomic E-state index is 13.0. The standard InChI is InChI=1S/C17H23Cl2F3N2O/c1-25-10-15(17(20,21)22)24-8-6-16(5-2-7-23-11-16)12-3-4-13(18)14(19)9-12/h3-4,9,15,23-24H,2,5-8,10-11H2,1H3/t15?,16-/m1/s1. The lowest BCUT2D eigenvalue weighted by molar-refractivity contribution is -0.166. The van der Waals surface area contributed by atoms with Crippen LogP contribution in [0.25, 0.3) is 0 Å². The SMILES string of the molecule is COCC(NCC[C@]1(c2ccc(Cl)c(Cl)c2)CCCNC1)C(F)(F)F. The number of hydrogen-bond acceptors (Lipinski definition) is 3. The second-order valence-electron chi connectivity index (χ2n) is 6.44. The molecule has 1 unspecified atom stereocenters. The Balaban J connectivity index is 2.11. The van der Waals surface area contributed by atoms with E-state index in [0.717, 1.165) is 24.9 Å². The van der Waals surface area contributed by atoms with Gasteiger partial charge in [-0.15, -0.1) is 0 Å². The van der Waals surface area contributed by atoms with E-state index in [2.05, 4.69) is 15.4 Å². The van der Waals surface area contributed by atoms with Crippen LogP contribution in [0.1, 0.15) is 24.8 Å². The van der Waals surface area contributed by atoms with Gasteiger partial charge >= 0.3 is 6.18 Å². The van der Waals surface area contributed by atoms with Crippen LogP contribution in [-0.4, -0.2) is 45.6 Å². The first-order chi connectivity index (χ1) is 11.8. The summed E-state index contributed by atoms with van der Waals surface area (Å²) in [5.74, 6) is 0. The van der Waals surface area contributed by atoms with Crippen molar-refractivity contribution in [3.8, 4) is 0 Å². The molecule has 0 bridgehead atoms. The zero-order chi connectivity index (χ0) is 18.5. The summed E-state index contributed by atoms with van der Waals surface area (Å²) in [5, 5.41) is 6.88. The number of ether oxygens (including phenoxy) is 1. The van der Waals surface area contributed by atoms with Gasteiger partial charge in [0.25, 0.3) is 0 Å². The van der Waals surface area contributed by atoms with Gasteiger partial charge in [0, 0.05) is 19.1 Å². The molecule has 0 radical (unpaired) electrons. The molecule has 1 aliphatic rings. The summed E-state index contributed by atoms with van der Waals surface area (Å²) in [7, 11) is 1.27. The summed E-state index contributed by atoms with van der Waals surface area (Å²) in [6.07, 6.45) is -1.92. The molecule has 1 saturated heterocycles. The number of rotatable bonds is 7. The van der Waals surface area contributed by atoms with E-state index in [-0.39, 0.29) is 12.0 Å². The number of hydrogen-bond donors (Lipinski definition) is 2. The molecule has 8 heteroatoms. The summed E-state index contributed by atoms with van der Waals surface area (Å²) in [6, 6.07) is 3.82. The fourth-order valence-corrected chi connectivity index (χ4v) is 3.62. The number of nitrogens with one attached hydrogen (secondary N) is 2. The molecule has 2 rings (SSSR count). The summed E-state index contributed by atoms with van der Waals surface area (Å²) in [5.41, 5.74) is 0.745. The first kappa shape index (κ1) is 20.8. The van der Waals surface area contributed by atoms with Gasteiger partial charge in [-0.2, -0.15) is 13.2 Å². The van der Waals surface area contributed by atoms with E-state index in [1.165, 1.54) is 7.11 Å². The van der Waals surface area contributed by atoms with Crippen molar-refractivity contribution in [1.82, 2.24) is 10.6 Å². The van der Waals surface area contributed by atoms with Gasteiger partial charge in [0.05, 0.1) is 16.7 Å². The largest absolute Gasteiger partial charge is 0.406 e. The van der Waals surface area contributed by atoms with Crippen LogP contribution in [0.15, 0.2) is 18.2 Å². The molecule has 0 amide bonds. The lowest BCUT2D eigenvalue weighted by atomic mass is 9.72. The van der Waals surface area contributed by atoms with Gasteiger partial charge in [0.2, 0.25) is 0 Å². The Labute approximate surface area is 156 Å². The summed E-state index contributed by atoms with van der Waals surface area (Å²) >= 11 is 12.1. The average molecular weight is 399 g/mol. The van der Waals surface area contributed by atoms with Gasteiger partial charge in [0.15, 0.2) is 0 Å². The molecule has 142 valence electrons. The van der Waals surface area contributed by atoms with Crippen molar-refractivity contribution in [2.75, 3.05) is 33.4 Å². The highest BCUT2D eigenvalue weighted by Crippen LogP contribution is 2.37. The highest BCUT2D eigenvalue weighted by molar-refractivity contribution is 6.42. The second-order valence-corrected chi connectivity index (χ2v) is 7.26. The molecule has 2 N–H and O–H groups in total. The molecule has 1 heterocycles. The third-order valence-electron chi connectivity index (χ3n) is 4.73. The number of piperidine rings is 1. The van der Waals surface area contributed by atoms with Crippen LogP contribution in [0.4, 0.5) is 13.2 Å². The molecule has 2 atom stereocenters. The molecule has 0 spiro atoms. The summed E-state index contributed by atoms with van der Waals surface area (Å²) in [6.45, 7) is 1.44.